The van der Waals surface area contributed by atoms with Gasteiger partial charge in [-0.1, -0.05) is 20.8 Å². The van der Waals surface area contributed by atoms with Crippen LogP contribution in [0.5, 0.6) is 0 Å². The molecule has 0 aliphatic rings. The van der Waals surface area contributed by atoms with E-state index in [1.165, 1.54) is 0 Å². The van der Waals surface area contributed by atoms with Crippen molar-refractivity contribution in [3.63, 3.8) is 0 Å². The summed E-state index contributed by atoms with van der Waals surface area (Å²) >= 11 is 0. The van der Waals surface area contributed by atoms with E-state index in [1.807, 2.05) is 0 Å². The first-order chi connectivity index (χ1) is 6.79. The normalized spacial score (nSPS) is 13.3. The van der Waals surface area contributed by atoms with Crippen molar-refractivity contribution < 1.29 is 14.7 Å². The van der Waals surface area contributed by atoms with E-state index in [-0.39, 0.29) is 12.3 Å². The van der Waals surface area contributed by atoms with E-state index in [9.17, 15) is 9.59 Å². The summed E-state index contributed by atoms with van der Waals surface area (Å²) in [6.07, 6.45) is 0.846. The van der Waals surface area contributed by atoms with E-state index < -0.39 is 17.4 Å². The summed E-state index contributed by atoms with van der Waals surface area (Å²) in [4.78, 5) is 22.2. The minimum atomic E-state index is -1.01. The molecule has 15 heavy (non-hydrogen) atoms. The first-order valence-corrected chi connectivity index (χ1v) is 5.01. The second-order valence-electron chi connectivity index (χ2n) is 4.60. The molecule has 0 rings (SSSR count). The van der Waals surface area contributed by atoms with E-state index in [2.05, 4.69) is 5.32 Å². The zero-order chi connectivity index (χ0) is 12.1. The number of carboxylic acid groups (broad SMARTS) is 1. The van der Waals surface area contributed by atoms with Gasteiger partial charge >= 0.3 is 5.97 Å². The van der Waals surface area contributed by atoms with E-state index in [1.54, 1.807) is 20.8 Å². The fourth-order valence-corrected chi connectivity index (χ4v) is 1.14. The number of rotatable bonds is 5. The molecular weight excluding hydrogens is 196 g/mol. The number of carbonyl (C=O) groups excluding carboxylic acids is 1. The third-order valence-electron chi connectivity index (χ3n) is 2.03. The largest absolute Gasteiger partial charge is 0.480 e. The Labute approximate surface area is 90.0 Å². The maximum absolute atomic E-state index is 11.3. The second kappa shape index (κ2) is 5.70. The fourth-order valence-electron chi connectivity index (χ4n) is 1.14. The second-order valence-corrected chi connectivity index (χ2v) is 4.60. The number of amides is 1. The van der Waals surface area contributed by atoms with Crippen molar-refractivity contribution in [1.82, 2.24) is 5.32 Å². The van der Waals surface area contributed by atoms with E-state index in [0.29, 0.717) is 13.0 Å². The van der Waals surface area contributed by atoms with Gasteiger partial charge in [-0.2, -0.15) is 0 Å². The summed E-state index contributed by atoms with van der Waals surface area (Å²) in [5.74, 6) is -1.27. The van der Waals surface area contributed by atoms with Crippen LogP contribution in [-0.4, -0.2) is 29.6 Å². The van der Waals surface area contributed by atoms with Crippen molar-refractivity contribution >= 4 is 11.9 Å². The van der Waals surface area contributed by atoms with Gasteiger partial charge in [-0.15, -0.1) is 0 Å². The zero-order valence-corrected chi connectivity index (χ0v) is 9.54. The standard InChI is InChI=1S/C10H20N2O3/c1-10(2,3)8(9(14)15)12-7(13)5-4-6-11/h8H,4-6,11H2,1-3H3,(H,12,13)(H,14,15)/t8-/m0/s1. The van der Waals surface area contributed by atoms with Crippen LogP contribution in [-0.2, 0) is 9.59 Å². The molecule has 0 aliphatic carbocycles. The monoisotopic (exact) mass is 216 g/mol. The lowest BCUT2D eigenvalue weighted by Gasteiger charge is -2.27. The average Bonchev–Trinajstić information content (AvgIpc) is 2.08. The highest BCUT2D eigenvalue weighted by atomic mass is 16.4. The lowest BCUT2D eigenvalue weighted by Crippen LogP contribution is -2.49. The molecule has 5 heteroatoms. The summed E-state index contributed by atoms with van der Waals surface area (Å²) in [5, 5.41) is 11.4. The third-order valence-corrected chi connectivity index (χ3v) is 2.03. The molecule has 0 aromatic heterocycles. The molecule has 4 N–H and O–H groups in total. The Bertz CT molecular complexity index is 233. The number of hydrogen-bond donors (Lipinski definition) is 3. The molecule has 0 saturated heterocycles. The minimum Gasteiger partial charge on any atom is -0.480 e. The predicted octanol–water partition coefficient (Wildman–Crippen LogP) is 0.341. The summed E-state index contributed by atoms with van der Waals surface area (Å²) in [5.41, 5.74) is 4.76. The SMILES string of the molecule is CC(C)(C)[C@@H](NC(=O)CCCN)C(=O)O. The topological polar surface area (TPSA) is 92.4 Å². The maximum Gasteiger partial charge on any atom is 0.326 e. The summed E-state index contributed by atoms with van der Waals surface area (Å²) in [6, 6.07) is -0.859. The van der Waals surface area contributed by atoms with Gasteiger partial charge < -0.3 is 16.2 Å². The predicted molar refractivity (Wildman–Crippen MR) is 57.3 cm³/mol. The number of aliphatic carboxylic acids is 1. The lowest BCUT2D eigenvalue weighted by molar-refractivity contribution is -0.144. The molecule has 0 fully saturated rings. The molecule has 1 atom stereocenters. The van der Waals surface area contributed by atoms with Gasteiger partial charge in [0.1, 0.15) is 6.04 Å². The Morgan fingerprint density at radius 1 is 1.40 bits per heavy atom. The molecule has 0 bridgehead atoms. The fraction of sp³-hybridized carbons (Fsp3) is 0.800. The van der Waals surface area contributed by atoms with Crippen molar-refractivity contribution in [2.45, 2.75) is 39.7 Å². The molecule has 0 saturated carbocycles. The Hall–Kier alpha value is -1.10. The van der Waals surface area contributed by atoms with Gasteiger partial charge in [0.25, 0.3) is 0 Å². The smallest absolute Gasteiger partial charge is 0.326 e. The van der Waals surface area contributed by atoms with Crippen LogP contribution in [0.25, 0.3) is 0 Å². The number of hydrogen-bond acceptors (Lipinski definition) is 3. The van der Waals surface area contributed by atoms with Crippen LogP contribution in [0.4, 0.5) is 0 Å². The van der Waals surface area contributed by atoms with Crippen LogP contribution >= 0.6 is 0 Å². The first-order valence-electron chi connectivity index (χ1n) is 5.01. The van der Waals surface area contributed by atoms with Crippen LogP contribution in [0.15, 0.2) is 0 Å². The Morgan fingerprint density at radius 2 is 1.93 bits per heavy atom. The van der Waals surface area contributed by atoms with Gasteiger partial charge in [-0.3, -0.25) is 4.79 Å². The number of carboxylic acids is 1. The van der Waals surface area contributed by atoms with E-state index >= 15 is 0 Å². The number of nitrogens with one attached hydrogen (secondary N) is 1. The molecule has 1 amide bonds. The third kappa shape index (κ3) is 5.37. The average molecular weight is 216 g/mol. The molecule has 0 radical (unpaired) electrons. The van der Waals surface area contributed by atoms with Crippen LogP contribution in [0, 0.1) is 5.41 Å². The van der Waals surface area contributed by atoms with Gasteiger partial charge in [0.2, 0.25) is 5.91 Å². The van der Waals surface area contributed by atoms with Gasteiger partial charge in [0.05, 0.1) is 0 Å². The van der Waals surface area contributed by atoms with Crippen molar-refractivity contribution in [3.8, 4) is 0 Å². The van der Waals surface area contributed by atoms with Crippen LogP contribution < -0.4 is 11.1 Å². The minimum absolute atomic E-state index is 0.261. The van der Waals surface area contributed by atoms with Crippen LogP contribution in [0.1, 0.15) is 33.6 Å². The number of carbonyl (C=O) groups is 2. The van der Waals surface area contributed by atoms with Crippen molar-refractivity contribution in [2.24, 2.45) is 11.1 Å². The van der Waals surface area contributed by atoms with Crippen molar-refractivity contribution in [1.29, 1.82) is 0 Å². The molecule has 0 aromatic carbocycles. The Morgan fingerprint density at radius 3 is 2.27 bits per heavy atom. The highest BCUT2D eigenvalue weighted by molar-refractivity contribution is 5.84. The summed E-state index contributed by atoms with van der Waals surface area (Å²) in [7, 11) is 0. The molecule has 0 aliphatic heterocycles. The van der Waals surface area contributed by atoms with Crippen LogP contribution in [0.2, 0.25) is 0 Å². The lowest BCUT2D eigenvalue weighted by atomic mass is 9.86. The first kappa shape index (κ1) is 13.9. The highest BCUT2D eigenvalue weighted by Gasteiger charge is 2.32. The van der Waals surface area contributed by atoms with E-state index in [4.69, 9.17) is 10.8 Å². The molecule has 88 valence electrons. The molecule has 0 unspecified atom stereocenters. The highest BCUT2D eigenvalue weighted by Crippen LogP contribution is 2.19. The molecule has 0 heterocycles. The summed E-state index contributed by atoms with van der Waals surface area (Å²) < 4.78 is 0. The van der Waals surface area contributed by atoms with Gasteiger partial charge in [0.15, 0.2) is 0 Å². The Balaban J connectivity index is 4.31. The van der Waals surface area contributed by atoms with Crippen molar-refractivity contribution in [2.75, 3.05) is 6.54 Å². The molecule has 0 spiro atoms. The summed E-state index contributed by atoms with van der Waals surface area (Å²) in [6.45, 7) is 5.75. The van der Waals surface area contributed by atoms with Crippen molar-refractivity contribution in [3.05, 3.63) is 0 Å². The molecule has 0 aromatic rings. The number of nitrogens with two attached hydrogens (primary N) is 1. The van der Waals surface area contributed by atoms with Crippen LogP contribution in [0.3, 0.4) is 0 Å². The zero-order valence-electron chi connectivity index (χ0n) is 9.54. The molecule has 5 nitrogen and oxygen atoms in total. The van der Waals surface area contributed by atoms with Gasteiger partial charge in [-0.25, -0.2) is 4.79 Å². The van der Waals surface area contributed by atoms with Gasteiger partial charge in [0, 0.05) is 6.42 Å². The van der Waals surface area contributed by atoms with E-state index in [0.717, 1.165) is 0 Å². The quantitative estimate of drug-likeness (QED) is 0.618. The van der Waals surface area contributed by atoms with Gasteiger partial charge in [-0.05, 0) is 18.4 Å². The molecular formula is C10H20N2O3. The Kier molecular flexibility index (Phi) is 5.28. The maximum atomic E-state index is 11.3.